The molecule has 1 rings (SSSR count). The number of hydrogen-bond donors (Lipinski definition) is 1. The Morgan fingerprint density at radius 2 is 2.06 bits per heavy atom. The number of amides is 1. The summed E-state index contributed by atoms with van der Waals surface area (Å²) >= 11 is 5.19. The SMILES string of the molecule is CCN(CC)C(=O)CCn1c(C(C)C)n[nH]c1=S. The van der Waals surface area contributed by atoms with Crippen molar-refractivity contribution in [1.29, 1.82) is 0 Å². The Hall–Kier alpha value is -1.17. The maximum Gasteiger partial charge on any atom is 0.224 e. The molecule has 0 fully saturated rings. The van der Waals surface area contributed by atoms with Crippen LogP contribution in [0.2, 0.25) is 0 Å². The van der Waals surface area contributed by atoms with Crippen molar-refractivity contribution in [3.63, 3.8) is 0 Å². The lowest BCUT2D eigenvalue weighted by Gasteiger charge is -2.19. The second-order valence-corrected chi connectivity index (χ2v) is 4.90. The molecule has 0 radical (unpaired) electrons. The average Bonchev–Trinajstić information content (AvgIpc) is 2.69. The van der Waals surface area contributed by atoms with E-state index in [0.29, 0.717) is 23.7 Å². The lowest BCUT2D eigenvalue weighted by atomic mass is 10.2. The fourth-order valence-electron chi connectivity index (χ4n) is 1.93. The van der Waals surface area contributed by atoms with Crippen LogP contribution in [0.25, 0.3) is 0 Å². The summed E-state index contributed by atoms with van der Waals surface area (Å²) in [5.41, 5.74) is 0. The molecule has 0 unspecified atom stereocenters. The van der Waals surface area contributed by atoms with Crippen molar-refractivity contribution >= 4 is 18.1 Å². The van der Waals surface area contributed by atoms with Crippen LogP contribution in [-0.2, 0) is 11.3 Å². The molecule has 1 amide bonds. The van der Waals surface area contributed by atoms with Crippen molar-refractivity contribution < 1.29 is 4.79 Å². The van der Waals surface area contributed by atoms with Gasteiger partial charge in [0.1, 0.15) is 5.82 Å². The van der Waals surface area contributed by atoms with Crippen LogP contribution in [0.15, 0.2) is 0 Å². The van der Waals surface area contributed by atoms with E-state index in [9.17, 15) is 4.79 Å². The molecule has 5 nitrogen and oxygen atoms in total. The number of hydrogen-bond acceptors (Lipinski definition) is 3. The molecule has 1 aromatic heterocycles. The highest BCUT2D eigenvalue weighted by Gasteiger charge is 2.13. The van der Waals surface area contributed by atoms with Gasteiger partial charge in [-0.25, -0.2) is 0 Å². The molecule has 102 valence electrons. The maximum absolute atomic E-state index is 11.9. The molecule has 1 heterocycles. The van der Waals surface area contributed by atoms with Gasteiger partial charge in [-0.1, -0.05) is 13.8 Å². The third kappa shape index (κ3) is 3.41. The van der Waals surface area contributed by atoms with Crippen LogP contribution in [0.4, 0.5) is 0 Å². The van der Waals surface area contributed by atoms with E-state index in [1.165, 1.54) is 0 Å². The average molecular weight is 270 g/mol. The standard InChI is InChI=1S/C12H22N4OS/c1-5-15(6-2)10(17)7-8-16-11(9(3)4)13-14-12(16)18/h9H,5-8H2,1-4H3,(H,14,18). The van der Waals surface area contributed by atoms with Gasteiger partial charge in [-0.3, -0.25) is 9.89 Å². The Morgan fingerprint density at radius 3 is 2.56 bits per heavy atom. The molecule has 1 aromatic rings. The molecule has 18 heavy (non-hydrogen) atoms. The van der Waals surface area contributed by atoms with E-state index >= 15 is 0 Å². The number of nitrogens with zero attached hydrogens (tertiary/aromatic N) is 3. The lowest BCUT2D eigenvalue weighted by molar-refractivity contribution is -0.131. The van der Waals surface area contributed by atoms with Crippen molar-refractivity contribution in [3.8, 4) is 0 Å². The van der Waals surface area contributed by atoms with Crippen LogP contribution in [0.1, 0.15) is 45.9 Å². The summed E-state index contributed by atoms with van der Waals surface area (Å²) < 4.78 is 2.51. The van der Waals surface area contributed by atoms with Crippen LogP contribution < -0.4 is 0 Å². The van der Waals surface area contributed by atoms with Crippen LogP contribution in [0, 0.1) is 4.77 Å². The van der Waals surface area contributed by atoms with Crippen molar-refractivity contribution in [2.75, 3.05) is 13.1 Å². The Balaban J connectivity index is 2.72. The van der Waals surface area contributed by atoms with Gasteiger partial charge in [-0.2, -0.15) is 5.10 Å². The molecule has 0 aromatic carbocycles. The third-order valence-corrected chi connectivity index (χ3v) is 3.28. The number of rotatable bonds is 6. The minimum atomic E-state index is 0.165. The van der Waals surface area contributed by atoms with Crippen molar-refractivity contribution in [2.24, 2.45) is 0 Å². The highest BCUT2D eigenvalue weighted by molar-refractivity contribution is 7.71. The van der Waals surface area contributed by atoms with Gasteiger partial charge in [-0.15, -0.1) is 0 Å². The van der Waals surface area contributed by atoms with Gasteiger partial charge < -0.3 is 9.47 Å². The van der Waals surface area contributed by atoms with Gasteiger partial charge in [0.05, 0.1) is 0 Å². The predicted molar refractivity (Wildman–Crippen MR) is 74.0 cm³/mol. The minimum absolute atomic E-state index is 0.165. The van der Waals surface area contributed by atoms with Gasteiger partial charge in [-0.05, 0) is 26.1 Å². The minimum Gasteiger partial charge on any atom is -0.343 e. The largest absolute Gasteiger partial charge is 0.343 e. The zero-order valence-electron chi connectivity index (χ0n) is 11.6. The molecule has 0 aliphatic carbocycles. The van der Waals surface area contributed by atoms with Crippen LogP contribution >= 0.6 is 12.2 Å². The van der Waals surface area contributed by atoms with Crippen LogP contribution in [0.5, 0.6) is 0 Å². The zero-order valence-corrected chi connectivity index (χ0v) is 12.4. The number of carbonyl (C=O) groups is 1. The first-order valence-corrected chi connectivity index (χ1v) is 6.84. The molecule has 0 bridgehead atoms. The first-order valence-electron chi connectivity index (χ1n) is 6.44. The van der Waals surface area contributed by atoms with Crippen molar-refractivity contribution in [3.05, 3.63) is 10.6 Å². The molecule has 0 aliphatic heterocycles. The number of H-pyrrole nitrogens is 1. The molecule has 6 heteroatoms. The molecule has 0 saturated carbocycles. The monoisotopic (exact) mass is 270 g/mol. The summed E-state index contributed by atoms with van der Waals surface area (Å²) in [4.78, 5) is 13.8. The van der Waals surface area contributed by atoms with E-state index in [0.717, 1.165) is 18.9 Å². The first kappa shape index (κ1) is 14.9. The Bertz CT molecular complexity index is 445. The summed E-state index contributed by atoms with van der Waals surface area (Å²) in [7, 11) is 0. The predicted octanol–water partition coefficient (Wildman–Crippen LogP) is 2.32. The first-order chi connectivity index (χ1) is 8.51. The molecule has 1 N–H and O–H groups in total. The molecule has 0 aliphatic rings. The molecule has 0 spiro atoms. The quantitative estimate of drug-likeness (QED) is 0.807. The van der Waals surface area contributed by atoms with E-state index < -0.39 is 0 Å². The Labute approximate surface area is 113 Å². The number of aromatic nitrogens is 3. The molecular weight excluding hydrogens is 248 g/mol. The summed E-state index contributed by atoms with van der Waals surface area (Å²) in [6.07, 6.45) is 0.468. The van der Waals surface area contributed by atoms with E-state index in [4.69, 9.17) is 12.2 Å². The smallest absolute Gasteiger partial charge is 0.224 e. The van der Waals surface area contributed by atoms with Crippen molar-refractivity contribution in [1.82, 2.24) is 19.7 Å². The molecule has 0 saturated heterocycles. The van der Waals surface area contributed by atoms with E-state index in [2.05, 4.69) is 24.0 Å². The fourth-order valence-corrected chi connectivity index (χ4v) is 2.16. The van der Waals surface area contributed by atoms with Crippen LogP contribution in [0.3, 0.4) is 0 Å². The van der Waals surface area contributed by atoms with E-state index in [-0.39, 0.29) is 5.91 Å². The van der Waals surface area contributed by atoms with Crippen LogP contribution in [-0.4, -0.2) is 38.7 Å². The summed E-state index contributed by atoms with van der Waals surface area (Å²) in [6.45, 7) is 10.2. The topological polar surface area (TPSA) is 53.9 Å². The van der Waals surface area contributed by atoms with Gasteiger partial charge >= 0.3 is 0 Å². The second-order valence-electron chi connectivity index (χ2n) is 4.51. The number of carbonyl (C=O) groups excluding carboxylic acids is 1. The maximum atomic E-state index is 11.9. The van der Waals surface area contributed by atoms with Gasteiger partial charge in [0.2, 0.25) is 5.91 Å². The third-order valence-electron chi connectivity index (χ3n) is 2.97. The summed E-state index contributed by atoms with van der Waals surface area (Å²) in [5.74, 6) is 1.37. The number of aromatic amines is 1. The van der Waals surface area contributed by atoms with E-state index in [1.807, 2.05) is 23.3 Å². The second kappa shape index (κ2) is 6.68. The summed E-state index contributed by atoms with van der Waals surface area (Å²) in [5, 5.41) is 6.99. The van der Waals surface area contributed by atoms with Gasteiger partial charge in [0.15, 0.2) is 4.77 Å². The number of nitrogens with one attached hydrogen (secondary N) is 1. The molecule has 0 atom stereocenters. The van der Waals surface area contributed by atoms with Gasteiger partial charge in [0.25, 0.3) is 0 Å². The Kier molecular flexibility index (Phi) is 5.53. The highest BCUT2D eigenvalue weighted by atomic mass is 32.1. The highest BCUT2D eigenvalue weighted by Crippen LogP contribution is 2.12. The Morgan fingerprint density at radius 1 is 1.44 bits per heavy atom. The van der Waals surface area contributed by atoms with Crippen molar-refractivity contribution in [2.45, 2.75) is 46.6 Å². The fraction of sp³-hybridized carbons (Fsp3) is 0.750. The normalized spacial score (nSPS) is 10.9. The summed E-state index contributed by atoms with van der Waals surface area (Å²) in [6, 6.07) is 0. The lowest BCUT2D eigenvalue weighted by Crippen LogP contribution is -2.31. The molecular formula is C12H22N4OS. The van der Waals surface area contributed by atoms with Gasteiger partial charge in [0, 0.05) is 32.0 Å². The van der Waals surface area contributed by atoms with E-state index in [1.54, 1.807) is 0 Å². The zero-order chi connectivity index (χ0) is 13.7.